The minimum Gasteiger partial charge on any atom is -0.467 e. The summed E-state index contributed by atoms with van der Waals surface area (Å²) in [6, 6.07) is 14.2. The molecule has 0 saturated carbocycles. The first-order chi connectivity index (χ1) is 26.7. The summed E-state index contributed by atoms with van der Waals surface area (Å²) in [6.07, 6.45) is 10.8. The van der Waals surface area contributed by atoms with Gasteiger partial charge in [-0.05, 0) is 116 Å². The second-order valence-electron chi connectivity index (χ2n) is 15.5. The lowest BCUT2D eigenvalue weighted by Crippen LogP contribution is -2.52. The normalized spacial score (nSPS) is 13.8. The minimum atomic E-state index is -0.995. The Labute approximate surface area is 338 Å². The van der Waals surface area contributed by atoms with Crippen molar-refractivity contribution in [2.24, 2.45) is 0 Å². The number of ether oxygens (including phenoxy) is 3. The Morgan fingerprint density at radius 1 is 0.786 bits per heavy atom. The fourth-order valence-electron chi connectivity index (χ4n) is 6.34. The van der Waals surface area contributed by atoms with E-state index >= 15 is 0 Å². The molecular weight excluding hydrogens is 727 g/mol. The number of rotatable bonds is 21. The zero-order valence-electron chi connectivity index (χ0n) is 34.6. The molecular formula is C45H63N3O7S. The predicted octanol–water partition coefficient (Wildman–Crippen LogP) is 9.40. The molecule has 0 radical (unpaired) electrons. The smallest absolute Gasteiger partial charge is 0.407 e. The molecule has 0 bridgehead atoms. The number of fused-ring (bicyclic) bond motifs is 3. The van der Waals surface area contributed by atoms with E-state index in [2.05, 4.69) is 74.0 Å². The highest BCUT2D eigenvalue weighted by molar-refractivity contribution is 7.99. The summed E-state index contributed by atoms with van der Waals surface area (Å²) in [6.45, 7) is 14.3. The van der Waals surface area contributed by atoms with Crippen LogP contribution in [-0.2, 0) is 23.8 Å². The molecule has 11 heteroatoms. The Morgan fingerprint density at radius 2 is 1.39 bits per heavy atom. The van der Waals surface area contributed by atoms with Gasteiger partial charge in [0.15, 0.2) is 0 Å². The van der Waals surface area contributed by atoms with Gasteiger partial charge in [-0.3, -0.25) is 4.79 Å². The van der Waals surface area contributed by atoms with Crippen molar-refractivity contribution in [3.8, 4) is 11.1 Å². The van der Waals surface area contributed by atoms with E-state index in [1.165, 1.54) is 35.6 Å². The number of alkyl carbamates (subject to hydrolysis) is 2. The fraction of sp³-hybridized carbons (Fsp3) is 0.511. The van der Waals surface area contributed by atoms with Crippen LogP contribution in [0.5, 0.6) is 0 Å². The summed E-state index contributed by atoms with van der Waals surface area (Å²) in [5, 5.41) is 8.28. The molecule has 3 rings (SSSR count). The lowest BCUT2D eigenvalue weighted by atomic mass is 9.98. The molecule has 2 aromatic rings. The van der Waals surface area contributed by atoms with Gasteiger partial charge in [-0.25, -0.2) is 14.4 Å². The summed E-state index contributed by atoms with van der Waals surface area (Å²) in [7, 11) is 1.29. The van der Waals surface area contributed by atoms with Gasteiger partial charge in [-0.15, -0.1) is 0 Å². The lowest BCUT2D eigenvalue weighted by molar-refractivity contribution is -0.144. The number of unbranched alkanes of at least 4 members (excludes halogenated alkanes) is 1. The highest BCUT2D eigenvalue weighted by Crippen LogP contribution is 2.44. The van der Waals surface area contributed by atoms with Crippen LogP contribution >= 0.6 is 11.8 Å². The molecule has 0 saturated heterocycles. The van der Waals surface area contributed by atoms with Crippen molar-refractivity contribution >= 4 is 35.8 Å². The molecule has 10 nitrogen and oxygen atoms in total. The van der Waals surface area contributed by atoms with Crippen molar-refractivity contribution in [1.29, 1.82) is 0 Å². The maximum Gasteiger partial charge on any atom is 0.407 e. The Morgan fingerprint density at radius 3 is 2.00 bits per heavy atom. The Balaban J connectivity index is 1.59. The van der Waals surface area contributed by atoms with Crippen molar-refractivity contribution in [2.45, 2.75) is 117 Å². The van der Waals surface area contributed by atoms with Crippen molar-refractivity contribution in [3.63, 3.8) is 0 Å². The monoisotopic (exact) mass is 789 g/mol. The third-order valence-corrected chi connectivity index (χ3v) is 10.3. The number of hydrogen-bond donors (Lipinski definition) is 3. The van der Waals surface area contributed by atoms with Gasteiger partial charge >= 0.3 is 18.2 Å². The molecule has 1 aliphatic carbocycles. The van der Waals surface area contributed by atoms with Crippen LogP contribution in [0.2, 0.25) is 0 Å². The summed E-state index contributed by atoms with van der Waals surface area (Å²) < 4.78 is 16.1. The number of esters is 1. The number of thioether (sulfide) groups is 1. The Kier molecular flexibility index (Phi) is 19.3. The molecule has 56 heavy (non-hydrogen) atoms. The molecule has 0 fully saturated rings. The number of carbonyl (C=O) groups is 4. The van der Waals surface area contributed by atoms with E-state index in [4.69, 9.17) is 14.2 Å². The molecule has 0 spiro atoms. The average Bonchev–Trinajstić information content (AvgIpc) is 3.46. The number of allylic oxidation sites excluding steroid dienone is 5. The third-order valence-electron chi connectivity index (χ3n) is 9.30. The first-order valence-corrected chi connectivity index (χ1v) is 20.8. The first kappa shape index (κ1) is 45.9. The van der Waals surface area contributed by atoms with Crippen LogP contribution in [-0.4, -0.2) is 73.5 Å². The SMILES string of the molecule is COC(=O)[C@H](CSC/C=C(\C)CC/C=C(\C)CCC=C(C)C)NC(=O)[C@H](CCCCNC(=O)OC(C)(C)C)NC(=O)OCC1c2ccccc2-c2ccccc21. The molecule has 0 unspecified atom stereocenters. The Hall–Kier alpha value is -4.51. The topological polar surface area (TPSA) is 132 Å². The molecule has 3 N–H and O–H groups in total. The van der Waals surface area contributed by atoms with Crippen LogP contribution in [0.15, 0.2) is 83.5 Å². The van der Waals surface area contributed by atoms with Crippen LogP contribution in [0.1, 0.15) is 110 Å². The molecule has 0 aliphatic heterocycles. The average molecular weight is 790 g/mol. The van der Waals surface area contributed by atoms with Gasteiger partial charge in [-0.1, -0.05) is 83.5 Å². The van der Waals surface area contributed by atoms with E-state index in [9.17, 15) is 19.2 Å². The highest BCUT2D eigenvalue weighted by Gasteiger charge is 2.31. The summed E-state index contributed by atoms with van der Waals surface area (Å²) in [5.41, 5.74) is 7.76. The summed E-state index contributed by atoms with van der Waals surface area (Å²) >= 11 is 1.52. The standard InChI is InChI=1S/C45H63N3O7S/c1-31(2)17-15-18-32(3)19-16-20-33(4)26-28-56-30-40(42(50)53-8)47-41(49)39(25-13-14-27-46-43(51)55-45(5,6)7)48-44(52)54-29-38-36-23-11-9-21-34(36)35-22-10-12-24-37(35)38/h9-12,17,19,21-24,26,38-40H,13-16,18,20,25,27-30H2,1-8H3,(H,46,51)(H,47,49)(H,48,52)/b32-19+,33-26+/t39-,40-/m0/s1. The minimum absolute atomic E-state index is 0.0918. The Bertz CT molecular complexity index is 1660. The van der Waals surface area contributed by atoms with Crippen LogP contribution in [0.3, 0.4) is 0 Å². The molecule has 3 amide bonds. The number of nitrogens with one attached hydrogen (secondary N) is 3. The van der Waals surface area contributed by atoms with Crippen LogP contribution < -0.4 is 16.0 Å². The predicted molar refractivity (Wildman–Crippen MR) is 227 cm³/mol. The summed E-state index contributed by atoms with van der Waals surface area (Å²) in [5.74, 6) is -0.265. The quantitative estimate of drug-likeness (QED) is 0.0494. The second kappa shape index (κ2) is 23.5. The van der Waals surface area contributed by atoms with E-state index in [-0.39, 0.29) is 18.9 Å². The lowest BCUT2D eigenvalue weighted by Gasteiger charge is -2.23. The fourth-order valence-corrected chi connectivity index (χ4v) is 7.33. The van der Waals surface area contributed by atoms with Gasteiger partial charge in [0.25, 0.3) is 0 Å². The number of methoxy groups -OCH3 is 1. The third kappa shape index (κ3) is 16.3. The van der Waals surface area contributed by atoms with Gasteiger partial charge in [0, 0.05) is 24.0 Å². The molecule has 0 aromatic heterocycles. The van der Waals surface area contributed by atoms with Crippen LogP contribution in [0.4, 0.5) is 9.59 Å². The number of carbonyl (C=O) groups excluding carboxylic acids is 4. The summed E-state index contributed by atoms with van der Waals surface area (Å²) in [4.78, 5) is 51.9. The number of benzene rings is 2. The van der Waals surface area contributed by atoms with Gasteiger partial charge in [-0.2, -0.15) is 11.8 Å². The van der Waals surface area contributed by atoms with Crippen molar-refractivity contribution in [1.82, 2.24) is 16.0 Å². The maximum atomic E-state index is 13.7. The number of hydrogen-bond acceptors (Lipinski definition) is 8. The molecule has 306 valence electrons. The van der Waals surface area contributed by atoms with Crippen LogP contribution in [0, 0.1) is 0 Å². The van der Waals surface area contributed by atoms with Crippen molar-refractivity contribution in [3.05, 3.63) is 94.6 Å². The van der Waals surface area contributed by atoms with E-state index in [1.54, 1.807) is 20.8 Å². The van der Waals surface area contributed by atoms with Crippen LogP contribution in [0.25, 0.3) is 11.1 Å². The zero-order valence-corrected chi connectivity index (χ0v) is 35.4. The second-order valence-corrected chi connectivity index (χ2v) is 16.6. The van der Waals surface area contributed by atoms with Crippen molar-refractivity contribution in [2.75, 3.05) is 31.8 Å². The molecule has 2 atom stereocenters. The van der Waals surface area contributed by atoms with Gasteiger partial charge < -0.3 is 30.2 Å². The maximum absolute atomic E-state index is 13.7. The molecule has 0 heterocycles. The van der Waals surface area contributed by atoms with Crippen molar-refractivity contribution < 1.29 is 33.4 Å². The first-order valence-electron chi connectivity index (χ1n) is 19.7. The van der Waals surface area contributed by atoms with E-state index < -0.39 is 41.7 Å². The van der Waals surface area contributed by atoms with E-state index in [0.717, 1.165) is 47.9 Å². The van der Waals surface area contributed by atoms with Gasteiger partial charge in [0.1, 0.15) is 24.3 Å². The van der Waals surface area contributed by atoms with E-state index in [0.29, 0.717) is 30.9 Å². The number of amides is 3. The largest absolute Gasteiger partial charge is 0.467 e. The zero-order chi connectivity index (χ0) is 41.1. The molecule has 1 aliphatic rings. The van der Waals surface area contributed by atoms with Gasteiger partial charge in [0.05, 0.1) is 7.11 Å². The van der Waals surface area contributed by atoms with E-state index in [1.807, 2.05) is 36.4 Å². The molecule has 2 aromatic carbocycles. The highest BCUT2D eigenvalue weighted by atomic mass is 32.2. The van der Waals surface area contributed by atoms with Gasteiger partial charge in [0.2, 0.25) is 5.91 Å².